The number of alkyl halides is 3. The van der Waals surface area contributed by atoms with Gasteiger partial charge < -0.3 is 59.3 Å². The van der Waals surface area contributed by atoms with E-state index in [0.717, 1.165) is 29.9 Å². The van der Waals surface area contributed by atoms with Crippen LogP contribution in [0.5, 0.6) is 5.75 Å². The minimum atomic E-state index is -4.94. The number of carbonyl (C=O) groups excluding carboxylic acids is 5. The highest BCUT2D eigenvalue weighted by Crippen LogP contribution is 2.59. The van der Waals surface area contributed by atoms with E-state index >= 15 is 0 Å². The topological polar surface area (TPSA) is 268 Å². The van der Waals surface area contributed by atoms with Gasteiger partial charge in [-0.1, -0.05) is 44.1 Å². The molecule has 2 aromatic rings. The number of hydrogen-bond acceptors (Lipinski definition) is 18. The Morgan fingerprint density at radius 3 is 2.26 bits per heavy atom. The van der Waals surface area contributed by atoms with Gasteiger partial charge in [-0.15, -0.1) is 13.2 Å². The number of nitrogens with two attached hydrogens (primary N) is 1. The lowest BCUT2D eigenvalue weighted by Crippen LogP contribution is -2.64. The number of amides is 2. The Morgan fingerprint density at radius 1 is 0.910 bits per heavy atom. The van der Waals surface area contributed by atoms with Crippen molar-refractivity contribution in [1.29, 1.82) is 0 Å². The number of halogens is 3. The standard InChI is InChI=1S/C65H94F3N7O14/c1-34(2)75-49(26-47(71-75)42-25-56(61(69)70-28-42)88-65(66,67)68)58-44-31-72(32-45(44)58)43-29-73(30-43)57(79)17-15-41-20-35(3)19-36(4)21-54(85-9)59-55(86-10)23-38(6)64(83,89-59)60(80)62(81)74-18-12-11-13-48(74)63(82)87-33-46(39(7)51(77)27-52(41)78)37(5)22-40-14-16-50(76)53(24-40)84-8/h20,22,25-26,28,34,36,38-41,43-46,48,50-51,53-55,58-59,76-77,83H,11-19,21,23-24,27,29-33H2,1-10H3,(H2,69,70)/b35-20+,37-22+/t36-,38+,39-,40-,41+,44-,45+,46+,48-,50+,51-,53+,54-,55-,58?,59+,64+/m0/s1. The maximum absolute atomic E-state index is 14.8. The maximum atomic E-state index is 14.8. The lowest BCUT2D eigenvalue weighted by Gasteiger charge is -2.47. The number of hydrogen-bond donors (Lipinski definition) is 4. The van der Waals surface area contributed by atoms with E-state index in [0.29, 0.717) is 81.1 Å². The molecule has 2 aliphatic carbocycles. The third-order valence-corrected chi connectivity index (χ3v) is 20.5. The maximum Gasteiger partial charge on any atom is 0.573 e. The summed E-state index contributed by atoms with van der Waals surface area (Å²) in [5.74, 6) is -9.02. The number of aliphatic hydroxyl groups excluding tert-OH is 2. The van der Waals surface area contributed by atoms with Crippen LogP contribution in [0.4, 0.5) is 19.0 Å². The molecule has 9 rings (SSSR count). The Labute approximate surface area is 520 Å². The van der Waals surface area contributed by atoms with E-state index in [1.165, 1.54) is 31.4 Å². The Kier molecular flexibility index (Phi) is 21.6. The Bertz CT molecular complexity index is 2920. The van der Waals surface area contributed by atoms with Crippen LogP contribution in [0.2, 0.25) is 0 Å². The molecule has 2 aromatic heterocycles. The second kappa shape index (κ2) is 28.3. The first-order valence-electron chi connectivity index (χ1n) is 32.0. The molecule has 5 aliphatic heterocycles. The number of methoxy groups -OCH3 is 3. The summed E-state index contributed by atoms with van der Waals surface area (Å²) >= 11 is 0. The molecule has 0 aromatic carbocycles. The first-order valence-corrected chi connectivity index (χ1v) is 32.0. The minimum Gasteiger partial charge on any atom is -0.464 e. The van der Waals surface area contributed by atoms with Crippen LogP contribution in [0.3, 0.4) is 0 Å². The zero-order chi connectivity index (χ0) is 64.6. The Hall–Kier alpha value is -5.34. The number of cyclic esters (lactones) is 1. The van der Waals surface area contributed by atoms with Crippen LogP contribution in [0.25, 0.3) is 11.3 Å². The highest BCUT2D eigenvalue weighted by molar-refractivity contribution is 6.39. The first kappa shape index (κ1) is 68.0. The third kappa shape index (κ3) is 15.3. The van der Waals surface area contributed by atoms with Crippen molar-refractivity contribution in [2.24, 2.45) is 47.3 Å². The van der Waals surface area contributed by atoms with Gasteiger partial charge in [-0.3, -0.25) is 28.8 Å². The zero-order valence-electron chi connectivity index (χ0n) is 53.2. The average molecular weight is 1250 g/mol. The number of piperidine rings is 2. The molecule has 2 saturated carbocycles. The summed E-state index contributed by atoms with van der Waals surface area (Å²) in [6.45, 7) is 15.8. The number of esters is 1. The number of fused-ring (bicyclic) bond motifs is 4. The molecule has 0 spiro atoms. The molecule has 89 heavy (non-hydrogen) atoms. The van der Waals surface area contributed by atoms with E-state index in [1.807, 2.05) is 63.3 Å². The molecule has 5 N–H and O–H groups in total. The van der Waals surface area contributed by atoms with Gasteiger partial charge in [-0.25, -0.2) is 9.78 Å². The number of aliphatic hydroxyl groups is 3. The molecule has 0 radical (unpaired) electrons. The number of likely N-dealkylation sites (tertiary alicyclic amines) is 2. The van der Waals surface area contributed by atoms with Crippen LogP contribution in [0.1, 0.15) is 143 Å². The van der Waals surface area contributed by atoms with Gasteiger partial charge in [0.15, 0.2) is 11.6 Å². The summed E-state index contributed by atoms with van der Waals surface area (Å²) in [6, 6.07) is 2.10. The lowest BCUT2D eigenvalue weighted by atomic mass is 9.78. The summed E-state index contributed by atoms with van der Waals surface area (Å²) in [6.07, 6.45) is -0.0927. The van der Waals surface area contributed by atoms with Crippen molar-refractivity contribution in [2.75, 3.05) is 66.4 Å². The molecule has 21 nitrogen and oxygen atoms in total. The fraction of sp³-hybridized carbons (Fsp3) is 0.738. The molecular weight excluding hydrogens is 1160 g/mol. The average Bonchev–Trinajstić information content (AvgIpc) is 1.60. The normalized spacial score (nSPS) is 35.9. The molecule has 2 bridgehead atoms. The van der Waals surface area contributed by atoms with Crippen molar-refractivity contribution in [3.63, 3.8) is 0 Å². The van der Waals surface area contributed by atoms with Gasteiger partial charge in [0.2, 0.25) is 11.7 Å². The molecule has 494 valence electrons. The molecule has 1 unspecified atom stereocenters. The van der Waals surface area contributed by atoms with E-state index < -0.39 is 95.8 Å². The van der Waals surface area contributed by atoms with Crippen molar-refractivity contribution >= 4 is 35.2 Å². The van der Waals surface area contributed by atoms with Crippen LogP contribution in [0, 0.1) is 47.3 Å². The number of rotatable bonds is 13. The summed E-state index contributed by atoms with van der Waals surface area (Å²) in [5.41, 5.74) is 9.20. The van der Waals surface area contributed by atoms with E-state index in [1.54, 1.807) is 14.0 Å². The number of allylic oxidation sites excluding steroid dienone is 3. The number of carbonyl (C=O) groups is 5. The summed E-state index contributed by atoms with van der Waals surface area (Å²) in [7, 11) is 4.57. The van der Waals surface area contributed by atoms with Crippen molar-refractivity contribution in [2.45, 2.75) is 198 Å². The van der Waals surface area contributed by atoms with Crippen molar-refractivity contribution < 1.29 is 80.9 Å². The molecule has 24 heteroatoms. The molecule has 4 saturated heterocycles. The van der Waals surface area contributed by atoms with Gasteiger partial charge in [0.25, 0.3) is 11.7 Å². The Morgan fingerprint density at radius 2 is 1.60 bits per heavy atom. The number of nitrogens with zero attached hydrogens (tertiary/aromatic N) is 6. The van der Waals surface area contributed by atoms with E-state index in [9.17, 15) is 52.5 Å². The van der Waals surface area contributed by atoms with Gasteiger partial charge in [-0.2, -0.15) is 5.10 Å². The lowest BCUT2D eigenvalue weighted by molar-refractivity contribution is -0.302. The van der Waals surface area contributed by atoms with Crippen LogP contribution < -0.4 is 10.5 Å². The van der Waals surface area contributed by atoms with Crippen molar-refractivity contribution in [1.82, 2.24) is 29.5 Å². The van der Waals surface area contributed by atoms with Crippen LogP contribution in [-0.2, 0) is 47.7 Å². The predicted molar refractivity (Wildman–Crippen MR) is 320 cm³/mol. The van der Waals surface area contributed by atoms with Crippen LogP contribution in [-0.4, -0.2) is 196 Å². The van der Waals surface area contributed by atoms with E-state index in [-0.39, 0.29) is 98.7 Å². The second-order valence-corrected chi connectivity index (χ2v) is 27.1. The largest absolute Gasteiger partial charge is 0.573 e. The summed E-state index contributed by atoms with van der Waals surface area (Å²) in [4.78, 5) is 81.5. The first-order chi connectivity index (χ1) is 42.1. The molecule has 2 amide bonds. The second-order valence-electron chi connectivity index (χ2n) is 27.1. The number of nitrogen functional groups attached to an aromatic ring is 1. The summed E-state index contributed by atoms with van der Waals surface area (Å²) in [5, 5.41) is 39.9. The third-order valence-electron chi connectivity index (χ3n) is 20.5. The fourth-order valence-corrected chi connectivity index (χ4v) is 15.2. The monoisotopic (exact) mass is 1250 g/mol. The number of aromatic nitrogens is 3. The molecule has 7 heterocycles. The fourth-order valence-electron chi connectivity index (χ4n) is 15.2. The number of anilines is 1. The van der Waals surface area contributed by atoms with Crippen LogP contribution in [0.15, 0.2) is 41.6 Å². The molecule has 7 aliphatic rings. The van der Waals surface area contributed by atoms with Crippen LogP contribution >= 0.6 is 0 Å². The van der Waals surface area contributed by atoms with Gasteiger partial charge in [0.1, 0.15) is 17.9 Å². The Balaban J connectivity index is 0.907. The SMILES string of the molecule is CO[C@H]1C[C@@H](C)C/C(C)=C/[C@@H](CCC(=O)N2CC(N3C[C@@H]4C(c5cc(-c6cnc(N)c(OC(F)(F)F)c6)nn5C(C)C)[C@@H]4C3)C2)C(=O)C[C@H](O)[C@@H](C)[C@@H](/C(C)=C/[C@@H]2CC[C@@H](O)[C@H](OC)C2)COC(=O)[C@@H]2CCCCN2C(=O)C(=O)[C@]2(O)O[C@H]1[C@@H](OC)C[C@H]2C. The smallest absolute Gasteiger partial charge is 0.464 e. The van der Waals surface area contributed by atoms with Gasteiger partial charge in [-0.05, 0) is 134 Å². The van der Waals surface area contributed by atoms with Crippen molar-refractivity contribution in [3.05, 3.63) is 47.3 Å². The van der Waals surface area contributed by atoms with E-state index in [4.69, 9.17) is 34.5 Å². The number of ketones is 2. The predicted octanol–water partition coefficient (Wildman–Crippen LogP) is 6.97. The van der Waals surface area contributed by atoms with Gasteiger partial charge >= 0.3 is 12.3 Å². The molecule has 6 fully saturated rings. The zero-order valence-corrected chi connectivity index (χ0v) is 53.2. The molecule has 17 atom stereocenters. The van der Waals surface area contributed by atoms with Gasteiger partial charge in [0.05, 0.1) is 42.8 Å². The van der Waals surface area contributed by atoms with Gasteiger partial charge in [0, 0.05) is 120 Å². The van der Waals surface area contributed by atoms with E-state index in [2.05, 4.69) is 20.7 Å². The summed E-state index contributed by atoms with van der Waals surface area (Å²) < 4.78 is 75.5. The molecular formula is C65H94F3N7O14. The highest BCUT2D eigenvalue weighted by Gasteiger charge is 2.60. The highest BCUT2D eigenvalue weighted by atomic mass is 19.4. The number of Topliss-reactive ketones (excluding diaryl/α,β-unsaturated/α-hetero) is 2. The quantitative estimate of drug-likeness (QED) is 0.0896. The minimum absolute atomic E-state index is 0.00724. The number of ether oxygens (including phenoxy) is 6. The number of pyridine rings is 1. The van der Waals surface area contributed by atoms with Crippen molar-refractivity contribution in [3.8, 4) is 17.0 Å².